The van der Waals surface area contributed by atoms with Crippen LogP contribution in [0.25, 0.3) is 0 Å². The van der Waals surface area contributed by atoms with Crippen LogP contribution in [0, 0.1) is 18.6 Å². The Kier molecular flexibility index (Phi) is 2.93. The van der Waals surface area contributed by atoms with Gasteiger partial charge in [-0.05, 0) is 19.1 Å². The molecule has 0 spiro atoms. The summed E-state index contributed by atoms with van der Waals surface area (Å²) in [7, 11) is 1.68. The third kappa shape index (κ3) is 2.06. The van der Waals surface area contributed by atoms with E-state index in [2.05, 4.69) is 5.10 Å². The van der Waals surface area contributed by atoms with Crippen molar-refractivity contribution in [3.8, 4) is 0 Å². The number of aliphatic hydroxyl groups excluding tert-OH is 1. The zero-order valence-corrected chi connectivity index (χ0v) is 9.48. The molecule has 0 fully saturated rings. The quantitative estimate of drug-likeness (QED) is 0.870. The van der Waals surface area contributed by atoms with Crippen molar-refractivity contribution in [2.45, 2.75) is 13.0 Å². The molecule has 17 heavy (non-hydrogen) atoms. The van der Waals surface area contributed by atoms with E-state index in [4.69, 9.17) is 0 Å². The minimum absolute atomic E-state index is 0.344. The van der Waals surface area contributed by atoms with Gasteiger partial charge in [0.25, 0.3) is 0 Å². The van der Waals surface area contributed by atoms with Crippen molar-refractivity contribution in [3.63, 3.8) is 0 Å². The van der Waals surface area contributed by atoms with Crippen LogP contribution in [-0.2, 0) is 7.05 Å². The van der Waals surface area contributed by atoms with E-state index in [1.165, 1.54) is 10.7 Å². The van der Waals surface area contributed by atoms with E-state index >= 15 is 0 Å². The number of aromatic nitrogens is 2. The van der Waals surface area contributed by atoms with Crippen LogP contribution in [0.5, 0.6) is 0 Å². The van der Waals surface area contributed by atoms with Crippen LogP contribution in [0.2, 0.25) is 0 Å². The van der Waals surface area contributed by atoms with Crippen LogP contribution in [0.15, 0.2) is 24.4 Å². The number of rotatable bonds is 2. The monoisotopic (exact) mass is 238 g/mol. The standard InChI is InChI=1S/C12H12F2N2O/c1-7-8(6-16(2)15-7)12(17)11-9(13)4-3-5-10(11)14/h3-6,12,17H,1-2H3. The van der Waals surface area contributed by atoms with Gasteiger partial charge in [0, 0.05) is 18.8 Å². The molecule has 0 radical (unpaired) electrons. The highest BCUT2D eigenvalue weighted by Gasteiger charge is 2.22. The largest absolute Gasteiger partial charge is 0.383 e. The summed E-state index contributed by atoms with van der Waals surface area (Å²) in [6.45, 7) is 1.68. The number of halogens is 2. The van der Waals surface area contributed by atoms with Crippen LogP contribution >= 0.6 is 0 Å². The summed E-state index contributed by atoms with van der Waals surface area (Å²) in [5.74, 6) is -1.53. The van der Waals surface area contributed by atoms with Crippen molar-refractivity contribution in [1.29, 1.82) is 0 Å². The molecule has 0 aliphatic carbocycles. The first-order valence-corrected chi connectivity index (χ1v) is 5.13. The summed E-state index contributed by atoms with van der Waals surface area (Å²) in [4.78, 5) is 0. The first-order chi connectivity index (χ1) is 8.00. The SMILES string of the molecule is Cc1nn(C)cc1C(O)c1c(F)cccc1F. The molecule has 90 valence electrons. The minimum atomic E-state index is -1.34. The van der Waals surface area contributed by atoms with Crippen molar-refractivity contribution in [2.24, 2.45) is 7.05 Å². The molecule has 5 heteroatoms. The Morgan fingerprint density at radius 3 is 2.35 bits per heavy atom. The molecule has 2 aromatic rings. The van der Waals surface area contributed by atoms with Gasteiger partial charge in [0.1, 0.15) is 17.7 Å². The van der Waals surface area contributed by atoms with Gasteiger partial charge in [-0.25, -0.2) is 8.78 Å². The van der Waals surface area contributed by atoms with Crippen molar-refractivity contribution < 1.29 is 13.9 Å². The van der Waals surface area contributed by atoms with E-state index < -0.39 is 17.7 Å². The summed E-state index contributed by atoms with van der Waals surface area (Å²) in [5, 5.41) is 14.0. The highest BCUT2D eigenvalue weighted by atomic mass is 19.1. The summed E-state index contributed by atoms with van der Waals surface area (Å²) >= 11 is 0. The first kappa shape index (κ1) is 11.7. The highest BCUT2D eigenvalue weighted by molar-refractivity contribution is 5.32. The van der Waals surface area contributed by atoms with Crippen molar-refractivity contribution in [1.82, 2.24) is 9.78 Å². The second kappa shape index (κ2) is 4.25. The Bertz CT molecular complexity index is 531. The third-order valence-electron chi connectivity index (χ3n) is 2.62. The normalized spacial score (nSPS) is 12.8. The fraction of sp³-hybridized carbons (Fsp3) is 0.250. The lowest BCUT2D eigenvalue weighted by molar-refractivity contribution is 0.208. The summed E-state index contributed by atoms with van der Waals surface area (Å²) in [6, 6.07) is 3.50. The van der Waals surface area contributed by atoms with Gasteiger partial charge < -0.3 is 5.11 Å². The van der Waals surface area contributed by atoms with Gasteiger partial charge in [0.2, 0.25) is 0 Å². The molecule has 0 saturated heterocycles. The molecule has 1 aromatic heterocycles. The Balaban J connectivity index is 2.51. The Morgan fingerprint density at radius 2 is 1.88 bits per heavy atom. The van der Waals surface area contributed by atoms with Gasteiger partial charge in [-0.1, -0.05) is 6.07 Å². The van der Waals surface area contributed by atoms with E-state index in [9.17, 15) is 13.9 Å². The van der Waals surface area contributed by atoms with Crippen molar-refractivity contribution in [3.05, 3.63) is 52.9 Å². The van der Waals surface area contributed by atoms with E-state index in [0.29, 0.717) is 11.3 Å². The highest BCUT2D eigenvalue weighted by Crippen LogP contribution is 2.28. The number of aliphatic hydroxyl groups is 1. The molecular formula is C12H12F2N2O. The predicted octanol–water partition coefficient (Wildman–Crippen LogP) is 2.09. The summed E-state index contributed by atoms with van der Waals surface area (Å²) in [5.41, 5.74) is 0.600. The molecular weight excluding hydrogens is 226 g/mol. The zero-order chi connectivity index (χ0) is 12.6. The van der Waals surface area contributed by atoms with Gasteiger partial charge in [-0.3, -0.25) is 4.68 Å². The van der Waals surface area contributed by atoms with Crippen LogP contribution in [0.4, 0.5) is 8.78 Å². The average molecular weight is 238 g/mol. The number of hydrogen-bond acceptors (Lipinski definition) is 2. The lowest BCUT2D eigenvalue weighted by Gasteiger charge is -2.11. The smallest absolute Gasteiger partial charge is 0.132 e. The Morgan fingerprint density at radius 1 is 1.29 bits per heavy atom. The third-order valence-corrected chi connectivity index (χ3v) is 2.62. The summed E-state index contributed by atoms with van der Waals surface area (Å²) in [6.07, 6.45) is 0.205. The van der Waals surface area contributed by atoms with Crippen LogP contribution in [0.1, 0.15) is 22.9 Å². The maximum atomic E-state index is 13.5. The van der Waals surface area contributed by atoms with Crippen molar-refractivity contribution >= 4 is 0 Å². The molecule has 0 aliphatic rings. The van der Waals surface area contributed by atoms with E-state index in [-0.39, 0.29) is 5.56 Å². The van der Waals surface area contributed by atoms with Crippen LogP contribution in [0.3, 0.4) is 0 Å². The molecule has 1 atom stereocenters. The maximum absolute atomic E-state index is 13.5. The van der Waals surface area contributed by atoms with Crippen molar-refractivity contribution in [2.75, 3.05) is 0 Å². The van der Waals surface area contributed by atoms with Gasteiger partial charge in [-0.2, -0.15) is 5.10 Å². The van der Waals surface area contributed by atoms with Gasteiger partial charge in [0.15, 0.2) is 0 Å². The van der Waals surface area contributed by atoms with Gasteiger partial charge in [0.05, 0.1) is 11.3 Å². The molecule has 1 heterocycles. The Labute approximate surface area is 97.3 Å². The fourth-order valence-electron chi connectivity index (χ4n) is 1.81. The second-order valence-corrected chi connectivity index (χ2v) is 3.88. The second-order valence-electron chi connectivity index (χ2n) is 3.88. The molecule has 2 rings (SSSR count). The van der Waals surface area contributed by atoms with Crippen LogP contribution < -0.4 is 0 Å². The molecule has 1 N–H and O–H groups in total. The lowest BCUT2D eigenvalue weighted by atomic mass is 10.0. The number of benzene rings is 1. The van der Waals surface area contributed by atoms with Gasteiger partial charge >= 0.3 is 0 Å². The topological polar surface area (TPSA) is 38.0 Å². The molecule has 1 aromatic carbocycles. The summed E-state index contributed by atoms with van der Waals surface area (Å²) < 4.78 is 28.5. The molecule has 1 unspecified atom stereocenters. The zero-order valence-electron chi connectivity index (χ0n) is 9.48. The molecule has 0 amide bonds. The molecule has 3 nitrogen and oxygen atoms in total. The van der Waals surface area contributed by atoms with E-state index in [0.717, 1.165) is 12.1 Å². The molecule has 0 saturated carbocycles. The predicted molar refractivity (Wildman–Crippen MR) is 58.4 cm³/mol. The van der Waals surface area contributed by atoms with E-state index in [1.54, 1.807) is 20.2 Å². The first-order valence-electron chi connectivity index (χ1n) is 5.13. The minimum Gasteiger partial charge on any atom is -0.383 e. The number of aryl methyl sites for hydroxylation is 2. The number of hydrogen-bond donors (Lipinski definition) is 1. The molecule has 0 aliphatic heterocycles. The van der Waals surface area contributed by atoms with Gasteiger partial charge in [-0.15, -0.1) is 0 Å². The number of nitrogens with zero attached hydrogens (tertiary/aromatic N) is 2. The fourth-order valence-corrected chi connectivity index (χ4v) is 1.81. The van der Waals surface area contributed by atoms with Crippen LogP contribution in [-0.4, -0.2) is 14.9 Å². The molecule has 0 bridgehead atoms. The average Bonchev–Trinajstić information content (AvgIpc) is 2.57. The Hall–Kier alpha value is -1.75. The lowest BCUT2D eigenvalue weighted by Crippen LogP contribution is -2.06. The van der Waals surface area contributed by atoms with E-state index in [1.807, 2.05) is 0 Å². The maximum Gasteiger partial charge on any atom is 0.132 e.